The minimum Gasteiger partial charge on any atom is -0.389 e. The van der Waals surface area contributed by atoms with E-state index in [1.807, 2.05) is 10.9 Å². The second kappa shape index (κ2) is 9.12. The zero-order valence-corrected chi connectivity index (χ0v) is 12.9. The Labute approximate surface area is 126 Å². The zero-order chi connectivity index (χ0) is 14.9. The molecule has 1 aromatic rings. The molecule has 1 aliphatic carbocycles. The predicted molar refractivity (Wildman–Crippen MR) is 80.9 cm³/mol. The lowest BCUT2D eigenvalue weighted by molar-refractivity contribution is -0.0451. The van der Waals surface area contributed by atoms with Crippen molar-refractivity contribution in [1.82, 2.24) is 20.3 Å². The molecule has 0 amide bonds. The molecule has 1 saturated carbocycles. The Hall–Kier alpha value is -0.980. The third kappa shape index (κ3) is 6.11. The fourth-order valence-corrected chi connectivity index (χ4v) is 2.81. The summed E-state index contributed by atoms with van der Waals surface area (Å²) < 4.78 is 7.67. The van der Waals surface area contributed by atoms with Crippen LogP contribution in [0.3, 0.4) is 0 Å². The van der Waals surface area contributed by atoms with Crippen LogP contribution in [0.15, 0.2) is 12.4 Å². The molecule has 1 heterocycles. The summed E-state index contributed by atoms with van der Waals surface area (Å²) in [6.45, 7) is 4.97. The molecular formula is C15H28N4O2. The predicted octanol–water partition coefficient (Wildman–Crippen LogP) is 1.21. The molecule has 3 unspecified atom stereocenters. The van der Waals surface area contributed by atoms with Gasteiger partial charge >= 0.3 is 0 Å². The van der Waals surface area contributed by atoms with Crippen molar-refractivity contribution in [3.63, 3.8) is 0 Å². The number of rotatable bonds is 9. The molecule has 2 rings (SSSR count). The highest BCUT2D eigenvalue weighted by Gasteiger charge is 2.22. The van der Waals surface area contributed by atoms with Crippen molar-refractivity contribution in [2.75, 3.05) is 19.7 Å². The van der Waals surface area contributed by atoms with Crippen LogP contribution < -0.4 is 5.32 Å². The minimum absolute atomic E-state index is 0.334. The van der Waals surface area contributed by atoms with Crippen molar-refractivity contribution in [1.29, 1.82) is 0 Å². The van der Waals surface area contributed by atoms with Gasteiger partial charge in [-0.2, -0.15) is 0 Å². The van der Waals surface area contributed by atoms with Gasteiger partial charge in [0.1, 0.15) is 0 Å². The zero-order valence-electron chi connectivity index (χ0n) is 12.9. The van der Waals surface area contributed by atoms with Crippen LogP contribution in [0.5, 0.6) is 0 Å². The quantitative estimate of drug-likeness (QED) is 0.670. The van der Waals surface area contributed by atoms with E-state index in [0.717, 1.165) is 25.9 Å². The summed E-state index contributed by atoms with van der Waals surface area (Å²) in [6, 6.07) is 0. The van der Waals surface area contributed by atoms with Gasteiger partial charge in [0.25, 0.3) is 0 Å². The average molecular weight is 296 g/mol. The standard InChI is InChI=1S/C15H28N4O2/c1-13-5-2-3-6-15(13)21-12-14(20)11-16-7-4-9-19-10-8-17-18-19/h8,10,13-16,20H,2-7,9,11-12H2,1H3. The summed E-state index contributed by atoms with van der Waals surface area (Å²) in [5.74, 6) is 0.626. The van der Waals surface area contributed by atoms with Gasteiger partial charge in [-0.25, -0.2) is 0 Å². The first-order valence-corrected chi connectivity index (χ1v) is 8.10. The van der Waals surface area contributed by atoms with Gasteiger partial charge in [-0.1, -0.05) is 25.0 Å². The molecule has 1 aromatic heterocycles. The fourth-order valence-electron chi connectivity index (χ4n) is 2.81. The van der Waals surface area contributed by atoms with Gasteiger partial charge in [0.05, 0.1) is 25.0 Å². The van der Waals surface area contributed by atoms with Gasteiger partial charge in [0, 0.05) is 19.3 Å². The maximum absolute atomic E-state index is 9.93. The summed E-state index contributed by atoms with van der Waals surface area (Å²) in [7, 11) is 0. The maximum Gasteiger partial charge on any atom is 0.0897 e. The molecule has 3 atom stereocenters. The Morgan fingerprint density at radius 1 is 1.43 bits per heavy atom. The third-order valence-electron chi connectivity index (χ3n) is 4.13. The molecule has 0 saturated heterocycles. The summed E-state index contributed by atoms with van der Waals surface area (Å²) in [5.41, 5.74) is 0. The van der Waals surface area contributed by atoms with Crippen LogP contribution in [0, 0.1) is 5.92 Å². The molecule has 2 N–H and O–H groups in total. The smallest absolute Gasteiger partial charge is 0.0897 e. The maximum atomic E-state index is 9.93. The van der Waals surface area contributed by atoms with Gasteiger partial charge in [-0.3, -0.25) is 4.68 Å². The Kier molecular flexibility index (Phi) is 7.12. The molecule has 0 radical (unpaired) electrons. The van der Waals surface area contributed by atoms with E-state index in [9.17, 15) is 5.11 Å². The summed E-state index contributed by atoms with van der Waals surface area (Å²) in [4.78, 5) is 0. The van der Waals surface area contributed by atoms with Crippen molar-refractivity contribution in [3.05, 3.63) is 12.4 Å². The van der Waals surface area contributed by atoms with Crippen molar-refractivity contribution in [2.45, 2.75) is 57.8 Å². The Morgan fingerprint density at radius 3 is 3.05 bits per heavy atom. The number of aromatic nitrogens is 3. The highest BCUT2D eigenvalue weighted by molar-refractivity contribution is 4.73. The molecule has 120 valence electrons. The number of aliphatic hydroxyl groups excluding tert-OH is 1. The fraction of sp³-hybridized carbons (Fsp3) is 0.867. The van der Waals surface area contributed by atoms with Gasteiger partial charge in [0.2, 0.25) is 0 Å². The molecule has 0 spiro atoms. The number of nitrogens with one attached hydrogen (secondary N) is 1. The molecule has 6 nitrogen and oxygen atoms in total. The lowest BCUT2D eigenvalue weighted by atomic mass is 9.88. The Balaban J connectivity index is 1.48. The second-order valence-electron chi connectivity index (χ2n) is 6.01. The number of hydrogen-bond donors (Lipinski definition) is 2. The normalized spacial score (nSPS) is 24.1. The Morgan fingerprint density at radius 2 is 2.29 bits per heavy atom. The molecule has 6 heteroatoms. The molecule has 21 heavy (non-hydrogen) atoms. The first-order chi connectivity index (χ1) is 10.3. The van der Waals surface area contributed by atoms with E-state index in [0.29, 0.717) is 25.2 Å². The molecular weight excluding hydrogens is 268 g/mol. The number of aliphatic hydroxyl groups is 1. The van der Waals surface area contributed by atoms with Gasteiger partial charge in [-0.15, -0.1) is 5.10 Å². The molecule has 1 fully saturated rings. The van der Waals surface area contributed by atoms with E-state index >= 15 is 0 Å². The SMILES string of the molecule is CC1CCCCC1OCC(O)CNCCCn1ccnn1. The number of aryl methyl sites for hydroxylation is 1. The molecule has 0 aromatic carbocycles. The minimum atomic E-state index is -0.425. The topological polar surface area (TPSA) is 72.2 Å². The van der Waals surface area contributed by atoms with E-state index in [4.69, 9.17) is 4.74 Å². The van der Waals surface area contributed by atoms with Gasteiger partial charge in [0.15, 0.2) is 0 Å². The molecule has 0 aliphatic heterocycles. The Bertz CT molecular complexity index is 372. The first-order valence-electron chi connectivity index (χ1n) is 8.10. The largest absolute Gasteiger partial charge is 0.389 e. The van der Waals surface area contributed by atoms with Crippen LogP contribution in [0.1, 0.15) is 39.0 Å². The number of nitrogens with zero attached hydrogens (tertiary/aromatic N) is 3. The number of hydrogen-bond acceptors (Lipinski definition) is 5. The van der Waals surface area contributed by atoms with E-state index in [-0.39, 0.29) is 0 Å². The summed E-state index contributed by atoms with van der Waals surface area (Å²) in [6.07, 6.45) is 9.38. The van der Waals surface area contributed by atoms with Crippen LogP contribution in [-0.2, 0) is 11.3 Å². The summed E-state index contributed by atoms with van der Waals surface area (Å²) in [5, 5.41) is 20.9. The number of ether oxygens (including phenoxy) is 1. The van der Waals surface area contributed by atoms with Crippen LogP contribution in [0.2, 0.25) is 0 Å². The van der Waals surface area contributed by atoms with Crippen LogP contribution in [0.4, 0.5) is 0 Å². The highest BCUT2D eigenvalue weighted by Crippen LogP contribution is 2.26. The van der Waals surface area contributed by atoms with Crippen LogP contribution in [0.25, 0.3) is 0 Å². The highest BCUT2D eigenvalue weighted by atomic mass is 16.5. The van der Waals surface area contributed by atoms with E-state index in [2.05, 4.69) is 22.6 Å². The molecule has 0 bridgehead atoms. The monoisotopic (exact) mass is 296 g/mol. The van der Waals surface area contributed by atoms with Crippen LogP contribution in [-0.4, -0.2) is 52.0 Å². The van der Waals surface area contributed by atoms with E-state index < -0.39 is 6.10 Å². The van der Waals surface area contributed by atoms with E-state index in [1.165, 1.54) is 19.3 Å². The lowest BCUT2D eigenvalue weighted by Gasteiger charge is -2.29. The lowest BCUT2D eigenvalue weighted by Crippen LogP contribution is -2.35. The summed E-state index contributed by atoms with van der Waals surface area (Å²) >= 11 is 0. The van der Waals surface area contributed by atoms with Crippen molar-refractivity contribution in [3.8, 4) is 0 Å². The van der Waals surface area contributed by atoms with Crippen molar-refractivity contribution in [2.24, 2.45) is 5.92 Å². The average Bonchev–Trinajstić information content (AvgIpc) is 2.99. The van der Waals surface area contributed by atoms with Crippen molar-refractivity contribution >= 4 is 0 Å². The van der Waals surface area contributed by atoms with Gasteiger partial charge in [-0.05, 0) is 31.7 Å². The van der Waals surface area contributed by atoms with Crippen molar-refractivity contribution < 1.29 is 9.84 Å². The second-order valence-corrected chi connectivity index (χ2v) is 6.01. The first kappa shape index (κ1) is 16.4. The molecule has 1 aliphatic rings. The van der Waals surface area contributed by atoms with E-state index in [1.54, 1.807) is 6.20 Å². The van der Waals surface area contributed by atoms with Crippen LogP contribution >= 0.6 is 0 Å². The van der Waals surface area contributed by atoms with Gasteiger partial charge < -0.3 is 15.2 Å². The third-order valence-corrected chi connectivity index (χ3v) is 4.13.